The van der Waals surface area contributed by atoms with Crippen molar-refractivity contribution in [1.82, 2.24) is 5.32 Å². The highest BCUT2D eigenvalue weighted by Gasteiger charge is 2.14. The van der Waals surface area contributed by atoms with E-state index in [1.165, 1.54) is 5.56 Å². The number of thiophene rings is 1. The number of rotatable bonds is 5. The minimum atomic E-state index is -0.133. The molecule has 1 heterocycles. The van der Waals surface area contributed by atoms with Gasteiger partial charge in [0.05, 0.1) is 6.04 Å². The van der Waals surface area contributed by atoms with E-state index in [1.807, 2.05) is 12.1 Å². The highest BCUT2D eigenvalue weighted by Crippen LogP contribution is 2.25. The minimum Gasteiger partial charge on any atom is -0.306 e. The summed E-state index contributed by atoms with van der Waals surface area (Å²) in [7, 11) is 0. The lowest BCUT2D eigenvalue weighted by Gasteiger charge is -2.18. The van der Waals surface area contributed by atoms with Crippen LogP contribution in [-0.4, -0.2) is 6.54 Å². The van der Waals surface area contributed by atoms with Gasteiger partial charge in [0.25, 0.3) is 0 Å². The normalized spacial score (nSPS) is 12.6. The lowest BCUT2D eigenvalue weighted by atomic mass is 9.99. The molecule has 1 N–H and O–H groups in total. The van der Waals surface area contributed by atoms with Crippen LogP contribution in [0.25, 0.3) is 0 Å². The second-order valence-electron chi connectivity index (χ2n) is 4.45. The molecule has 2 rings (SSSR count). The van der Waals surface area contributed by atoms with Crippen molar-refractivity contribution >= 4 is 11.3 Å². The summed E-state index contributed by atoms with van der Waals surface area (Å²) in [6.07, 6.45) is 1.06. The summed E-state index contributed by atoms with van der Waals surface area (Å²) >= 11 is 1.67. The third-order valence-electron chi connectivity index (χ3n) is 3.00. The number of halogens is 1. The van der Waals surface area contributed by atoms with E-state index in [4.69, 9.17) is 0 Å². The third kappa shape index (κ3) is 2.98. The zero-order chi connectivity index (χ0) is 13.0. The lowest BCUT2D eigenvalue weighted by Crippen LogP contribution is -2.22. The van der Waals surface area contributed by atoms with Gasteiger partial charge in [-0.1, -0.05) is 19.1 Å². The van der Waals surface area contributed by atoms with Crippen LogP contribution in [0.5, 0.6) is 0 Å². The molecule has 1 aromatic heterocycles. The van der Waals surface area contributed by atoms with E-state index in [-0.39, 0.29) is 11.9 Å². The van der Waals surface area contributed by atoms with Crippen LogP contribution >= 0.6 is 11.3 Å². The summed E-state index contributed by atoms with van der Waals surface area (Å²) in [5, 5.41) is 7.65. The van der Waals surface area contributed by atoms with Gasteiger partial charge in [-0.15, -0.1) is 0 Å². The van der Waals surface area contributed by atoms with Gasteiger partial charge in [0, 0.05) is 0 Å². The highest BCUT2D eigenvalue weighted by atomic mass is 32.1. The summed E-state index contributed by atoms with van der Waals surface area (Å²) in [6, 6.07) is 7.67. The molecule has 0 aliphatic rings. The Morgan fingerprint density at radius 2 is 2.11 bits per heavy atom. The molecule has 3 heteroatoms. The van der Waals surface area contributed by atoms with E-state index in [0.717, 1.165) is 18.5 Å². The Morgan fingerprint density at radius 3 is 2.72 bits per heavy atom. The maximum Gasteiger partial charge on any atom is 0.126 e. The average Bonchev–Trinajstić information content (AvgIpc) is 2.88. The molecule has 0 amide bonds. The Balaban J connectivity index is 2.30. The van der Waals surface area contributed by atoms with Gasteiger partial charge in [-0.25, -0.2) is 4.39 Å². The first-order valence-corrected chi connectivity index (χ1v) is 7.18. The summed E-state index contributed by atoms with van der Waals surface area (Å²) in [6.45, 7) is 4.85. The maximum absolute atomic E-state index is 13.7. The predicted molar refractivity (Wildman–Crippen MR) is 75.6 cm³/mol. The van der Waals surface area contributed by atoms with Crippen molar-refractivity contribution in [1.29, 1.82) is 0 Å². The molecule has 0 aliphatic heterocycles. The number of nitrogens with one attached hydrogen (secondary N) is 1. The Morgan fingerprint density at radius 1 is 1.28 bits per heavy atom. The third-order valence-corrected chi connectivity index (χ3v) is 3.71. The molecular formula is C15H18FNS. The monoisotopic (exact) mass is 263 g/mol. The fourth-order valence-corrected chi connectivity index (χ4v) is 2.63. The summed E-state index contributed by atoms with van der Waals surface area (Å²) in [5.41, 5.74) is 2.89. The number of aryl methyl sites for hydroxylation is 1. The van der Waals surface area contributed by atoms with Crippen LogP contribution in [0, 0.1) is 12.7 Å². The number of benzene rings is 1. The quantitative estimate of drug-likeness (QED) is 0.848. The van der Waals surface area contributed by atoms with E-state index in [2.05, 4.69) is 29.1 Å². The van der Waals surface area contributed by atoms with Crippen molar-refractivity contribution in [2.24, 2.45) is 0 Å². The van der Waals surface area contributed by atoms with Gasteiger partial charge in [0.2, 0.25) is 0 Å². The van der Waals surface area contributed by atoms with Crippen molar-refractivity contribution < 1.29 is 4.39 Å². The van der Waals surface area contributed by atoms with Crippen LogP contribution in [-0.2, 0) is 0 Å². The molecule has 0 radical (unpaired) electrons. The number of hydrogen-bond donors (Lipinski definition) is 1. The standard InChI is InChI=1S/C15H18FNS/c1-3-7-17-15(13-6-8-18-10-13)12-5-4-11(2)14(16)9-12/h4-6,8-10,15,17H,3,7H2,1-2H3. The molecule has 0 saturated carbocycles. The Kier molecular flexibility index (Phi) is 4.50. The van der Waals surface area contributed by atoms with Crippen molar-refractivity contribution in [2.75, 3.05) is 6.54 Å². The molecular weight excluding hydrogens is 245 g/mol. The van der Waals surface area contributed by atoms with Crippen LogP contribution < -0.4 is 5.32 Å². The van der Waals surface area contributed by atoms with Crippen LogP contribution in [0.1, 0.15) is 36.1 Å². The van der Waals surface area contributed by atoms with Gasteiger partial charge in [0.1, 0.15) is 5.82 Å². The van der Waals surface area contributed by atoms with E-state index in [1.54, 1.807) is 24.3 Å². The Hall–Kier alpha value is -1.19. The first-order valence-electron chi connectivity index (χ1n) is 6.24. The summed E-state index contributed by atoms with van der Waals surface area (Å²) < 4.78 is 13.7. The van der Waals surface area contributed by atoms with Crippen LogP contribution in [0.4, 0.5) is 4.39 Å². The van der Waals surface area contributed by atoms with Crippen LogP contribution in [0.3, 0.4) is 0 Å². The van der Waals surface area contributed by atoms with Crippen molar-refractivity contribution in [3.8, 4) is 0 Å². The fraction of sp³-hybridized carbons (Fsp3) is 0.333. The van der Waals surface area contributed by atoms with Gasteiger partial charge in [-0.3, -0.25) is 0 Å². The molecule has 1 nitrogen and oxygen atoms in total. The van der Waals surface area contributed by atoms with Gasteiger partial charge in [-0.05, 0) is 59.5 Å². The number of hydrogen-bond acceptors (Lipinski definition) is 2. The summed E-state index contributed by atoms with van der Waals surface area (Å²) in [5.74, 6) is -0.133. The molecule has 1 aromatic carbocycles. The van der Waals surface area contributed by atoms with E-state index < -0.39 is 0 Å². The van der Waals surface area contributed by atoms with Crippen molar-refractivity contribution in [2.45, 2.75) is 26.3 Å². The van der Waals surface area contributed by atoms with Crippen molar-refractivity contribution in [3.05, 3.63) is 57.5 Å². The molecule has 0 bridgehead atoms. The zero-order valence-electron chi connectivity index (χ0n) is 10.7. The topological polar surface area (TPSA) is 12.0 Å². The van der Waals surface area contributed by atoms with Gasteiger partial charge < -0.3 is 5.32 Å². The minimum absolute atomic E-state index is 0.0892. The fourth-order valence-electron chi connectivity index (χ4n) is 1.94. The highest BCUT2D eigenvalue weighted by molar-refractivity contribution is 7.08. The molecule has 18 heavy (non-hydrogen) atoms. The zero-order valence-corrected chi connectivity index (χ0v) is 11.6. The first-order chi connectivity index (χ1) is 8.72. The molecule has 96 valence electrons. The van der Waals surface area contributed by atoms with E-state index in [9.17, 15) is 4.39 Å². The Bertz CT molecular complexity index is 493. The molecule has 0 spiro atoms. The smallest absolute Gasteiger partial charge is 0.126 e. The first kappa shape index (κ1) is 13.2. The predicted octanol–water partition coefficient (Wildman–Crippen LogP) is 4.28. The molecule has 1 atom stereocenters. The molecule has 1 unspecified atom stereocenters. The average molecular weight is 263 g/mol. The van der Waals surface area contributed by atoms with Crippen LogP contribution in [0.15, 0.2) is 35.0 Å². The molecule has 0 fully saturated rings. The van der Waals surface area contributed by atoms with Crippen LogP contribution in [0.2, 0.25) is 0 Å². The maximum atomic E-state index is 13.7. The van der Waals surface area contributed by atoms with E-state index in [0.29, 0.717) is 5.56 Å². The van der Waals surface area contributed by atoms with Gasteiger partial charge >= 0.3 is 0 Å². The van der Waals surface area contributed by atoms with Crippen molar-refractivity contribution in [3.63, 3.8) is 0 Å². The van der Waals surface area contributed by atoms with E-state index >= 15 is 0 Å². The lowest BCUT2D eigenvalue weighted by molar-refractivity contribution is 0.583. The SMILES string of the molecule is CCCNC(c1ccsc1)c1ccc(C)c(F)c1. The second kappa shape index (κ2) is 6.12. The van der Waals surface area contributed by atoms with Gasteiger partial charge in [0.15, 0.2) is 0 Å². The molecule has 0 aliphatic carbocycles. The molecule has 0 saturated heterocycles. The summed E-state index contributed by atoms with van der Waals surface area (Å²) in [4.78, 5) is 0. The Labute approximate surface area is 112 Å². The van der Waals surface area contributed by atoms with Gasteiger partial charge in [-0.2, -0.15) is 11.3 Å². The second-order valence-corrected chi connectivity index (χ2v) is 5.23. The molecule has 2 aromatic rings. The largest absolute Gasteiger partial charge is 0.306 e.